The van der Waals surface area contributed by atoms with Crippen molar-refractivity contribution in [3.05, 3.63) is 12.7 Å². The highest BCUT2D eigenvalue weighted by molar-refractivity contribution is 14.0. The summed E-state index contributed by atoms with van der Waals surface area (Å²) in [4.78, 5) is 19.6. The summed E-state index contributed by atoms with van der Waals surface area (Å²) in [6.07, 6.45) is 6.01. The first kappa shape index (κ1) is 22.8. The lowest BCUT2D eigenvalue weighted by atomic mass is 10.3. The lowest BCUT2D eigenvalue weighted by molar-refractivity contribution is -0.127. The summed E-state index contributed by atoms with van der Waals surface area (Å²) >= 11 is 1.78. The Hall–Kier alpha value is -0.440. The van der Waals surface area contributed by atoms with Crippen LogP contribution in [-0.2, 0) is 4.79 Å². The summed E-state index contributed by atoms with van der Waals surface area (Å²) in [5, 5.41) is 3.30. The highest BCUT2D eigenvalue weighted by Gasteiger charge is 2.08. The molecule has 0 radical (unpaired) electrons. The lowest BCUT2D eigenvalue weighted by Gasteiger charge is -2.22. The molecule has 0 saturated heterocycles. The number of hydrogen-bond donors (Lipinski definition) is 1. The van der Waals surface area contributed by atoms with Crippen molar-refractivity contribution >= 4 is 47.6 Å². The number of carbonyl (C=O) groups excluding carboxylic acids is 1. The number of likely N-dealkylation sites (N-methyl/N-ethyl adjacent to an activating group) is 1. The summed E-state index contributed by atoms with van der Waals surface area (Å²) in [5.41, 5.74) is 0. The monoisotopic (exact) mass is 428 g/mol. The van der Waals surface area contributed by atoms with Crippen molar-refractivity contribution in [1.82, 2.24) is 15.1 Å². The van der Waals surface area contributed by atoms with Crippen LogP contribution in [0.2, 0.25) is 0 Å². The van der Waals surface area contributed by atoms with Crippen molar-refractivity contribution in [2.75, 3.05) is 52.8 Å². The fourth-order valence-electron chi connectivity index (χ4n) is 1.44. The molecule has 0 spiro atoms. The van der Waals surface area contributed by atoms with E-state index in [-0.39, 0.29) is 36.4 Å². The van der Waals surface area contributed by atoms with Gasteiger partial charge in [0.15, 0.2) is 5.96 Å². The number of unbranched alkanes of at least 4 members (excludes halogenated alkanes) is 1. The molecule has 0 aliphatic carbocycles. The number of guanidine groups is 1. The van der Waals surface area contributed by atoms with Gasteiger partial charge in [-0.2, -0.15) is 11.8 Å². The number of halogens is 1. The summed E-state index contributed by atoms with van der Waals surface area (Å²) in [5.74, 6) is 1.81. The van der Waals surface area contributed by atoms with Crippen LogP contribution in [0.15, 0.2) is 17.6 Å². The number of rotatable bonds is 9. The summed E-state index contributed by atoms with van der Waals surface area (Å²) in [6.45, 7) is 5.65. The van der Waals surface area contributed by atoms with Crippen LogP contribution in [0.5, 0.6) is 0 Å². The second kappa shape index (κ2) is 14.5. The molecule has 0 atom stereocenters. The van der Waals surface area contributed by atoms with E-state index < -0.39 is 0 Å². The number of nitrogens with one attached hydrogen (secondary N) is 1. The molecular weight excluding hydrogens is 399 g/mol. The molecule has 7 heteroatoms. The van der Waals surface area contributed by atoms with Gasteiger partial charge in [-0.1, -0.05) is 6.08 Å². The van der Waals surface area contributed by atoms with Crippen LogP contribution < -0.4 is 5.32 Å². The van der Waals surface area contributed by atoms with Crippen LogP contribution in [0, 0.1) is 0 Å². The highest BCUT2D eigenvalue weighted by Crippen LogP contribution is 1.96. The molecule has 0 fully saturated rings. The van der Waals surface area contributed by atoms with Crippen LogP contribution in [0.25, 0.3) is 0 Å². The van der Waals surface area contributed by atoms with E-state index in [1.165, 1.54) is 0 Å². The first-order valence-electron chi connectivity index (χ1n) is 6.82. The Morgan fingerprint density at radius 3 is 2.57 bits per heavy atom. The maximum Gasteiger partial charge on any atom is 0.243 e. The molecule has 0 saturated carbocycles. The fraction of sp³-hybridized carbons (Fsp3) is 0.714. The third-order valence-electron chi connectivity index (χ3n) is 2.72. The summed E-state index contributed by atoms with van der Waals surface area (Å²) < 4.78 is 0. The first-order valence-corrected chi connectivity index (χ1v) is 8.21. The van der Waals surface area contributed by atoms with Gasteiger partial charge in [0.25, 0.3) is 0 Å². The summed E-state index contributed by atoms with van der Waals surface area (Å²) in [7, 11) is 5.48. The van der Waals surface area contributed by atoms with E-state index in [1.54, 1.807) is 30.8 Å². The van der Waals surface area contributed by atoms with E-state index in [4.69, 9.17) is 0 Å². The Morgan fingerprint density at radius 1 is 1.38 bits per heavy atom. The number of carbonyl (C=O) groups is 1. The standard InChI is InChI=1S/C14H28N4OS.HI/c1-6-7-8-10-18(4)14(15-9-11-20-5)16-12-13(19)17(2)3;/h6H,1,7-12H2,2-5H3,(H,15,16);1H. The SMILES string of the molecule is C=CCCCN(C)C(=NCC(=O)N(C)C)NCCSC.I. The van der Waals surface area contributed by atoms with Crippen molar-refractivity contribution in [1.29, 1.82) is 0 Å². The molecular formula is C14H29IN4OS. The average molecular weight is 428 g/mol. The molecule has 0 aromatic carbocycles. The number of allylic oxidation sites excluding steroid dienone is 1. The van der Waals surface area contributed by atoms with E-state index in [0.29, 0.717) is 0 Å². The Bertz CT molecular complexity index is 324. The zero-order chi connectivity index (χ0) is 15.4. The second-order valence-electron chi connectivity index (χ2n) is 4.70. The third kappa shape index (κ3) is 11.9. The Morgan fingerprint density at radius 2 is 2.05 bits per heavy atom. The molecule has 0 heterocycles. The van der Waals surface area contributed by atoms with Crippen molar-refractivity contribution < 1.29 is 4.79 Å². The maximum absolute atomic E-state index is 11.6. The molecule has 0 aromatic heterocycles. The molecule has 0 bridgehead atoms. The molecule has 5 nitrogen and oxygen atoms in total. The van der Waals surface area contributed by atoms with Gasteiger partial charge in [-0.3, -0.25) is 4.79 Å². The Balaban J connectivity index is 0. The smallest absolute Gasteiger partial charge is 0.243 e. The van der Waals surface area contributed by atoms with E-state index in [9.17, 15) is 4.79 Å². The molecule has 0 aliphatic rings. The second-order valence-corrected chi connectivity index (χ2v) is 5.69. The van der Waals surface area contributed by atoms with Gasteiger partial charge < -0.3 is 15.1 Å². The number of thioether (sulfide) groups is 1. The predicted molar refractivity (Wildman–Crippen MR) is 105 cm³/mol. The van der Waals surface area contributed by atoms with Crippen molar-refractivity contribution in [3.8, 4) is 0 Å². The molecule has 0 rings (SSSR count). The van der Waals surface area contributed by atoms with Gasteiger partial charge in [-0.05, 0) is 19.1 Å². The van der Waals surface area contributed by atoms with Gasteiger partial charge in [0, 0.05) is 40.0 Å². The molecule has 0 aliphatic heterocycles. The average Bonchev–Trinajstić information content (AvgIpc) is 2.42. The first-order chi connectivity index (χ1) is 9.52. The van der Waals surface area contributed by atoms with Gasteiger partial charge in [-0.15, -0.1) is 30.6 Å². The molecule has 124 valence electrons. The minimum absolute atomic E-state index is 0. The van der Waals surface area contributed by atoms with Gasteiger partial charge >= 0.3 is 0 Å². The van der Waals surface area contributed by atoms with Gasteiger partial charge in [0.1, 0.15) is 6.54 Å². The van der Waals surface area contributed by atoms with Gasteiger partial charge in [-0.25, -0.2) is 4.99 Å². The van der Waals surface area contributed by atoms with Crippen molar-refractivity contribution in [3.63, 3.8) is 0 Å². The minimum Gasteiger partial charge on any atom is -0.355 e. The zero-order valence-electron chi connectivity index (χ0n) is 13.6. The van der Waals surface area contributed by atoms with Crippen LogP contribution in [0.1, 0.15) is 12.8 Å². The molecule has 1 amide bonds. The largest absolute Gasteiger partial charge is 0.355 e. The van der Waals surface area contributed by atoms with Gasteiger partial charge in [0.05, 0.1) is 0 Å². The fourth-order valence-corrected chi connectivity index (χ4v) is 1.75. The van der Waals surface area contributed by atoms with Crippen molar-refractivity contribution in [2.24, 2.45) is 4.99 Å². The normalized spacial score (nSPS) is 10.6. The minimum atomic E-state index is 0. The predicted octanol–water partition coefficient (Wildman–Crippen LogP) is 1.90. The quantitative estimate of drug-likeness (QED) is 0.200. The van der Waals surface area contributed by atoms with E-state index in [2.05, 4.69) is 28.0 Å². The van der Waals surface area contributed by atoms with Gasteiger partial charge in [0.2, 0.25) is 5.91 Å². The van der Waals surface area contributed by atoms with E-state index in [0.717, 1.165) is 37.6 Å². The number of hydrogen-bond acceptors (Lipinski definition) is 3. The zero-order valence-corrected chi connectivity index (χ0v) is 16.7. The molecule has 0 aromatic rings. The molecule has 21 heavy (non-hydrogen) atoms. The maximum atomic E-state index is 11.6. The van der Waals surface area contributed by atoms with Crippen LogP contribution in [-0.4, -0.2) is 74.5 Å². The Labute approximate surface area is 150 Å². The number of amides is 1. The third-order valence-corrected chi connectivity index (χ3v) is 3.33. The van der Waals surface area contributed by atoms with E-state index >= 15 is 0 Å². The highest BCUT2D eigenvalue weighted by atomic mass is 127. The van der Waals surface area contributed by atoms with Crippen LogP contribution in [0.4, 0.5) is 0 Å². The number of aliphatic imine (C=N–C) groups is 1. The summed E-state index contributed by atoms with van der Waals surface area (Å²) in [6, 6.07) is 0. The topological polar surface area (TPSA) is 47.9 Å². The van der Waals surface area contributed by atoms with E-state index in [1.807, 2.05) is 13.1 Å². The number of nitrogens with zero attached hydrogens (tertiary/aromatic N) is 3. The van der Waals surface area contributed by atoms with Crippen molar-refractivity contribution in [2.45, 2.75) is 12.8 Å². The Kier molecular flexibility index (Phi) is 15.8. The van der Waals surface area contributed by atoms with Crippen LogP contribution >= 0.6 is 35.7 Å². The lowest BCUT2D eigenvalue weighted by Crippen LogP contribution is -2.41. The van der Waals surface area contributed by atoms with Crippen LogP contribution in [0.3, 0.4) is 0 Å². The molecule has 0 unspecified atom stereocenters. The molecule has 1 N–H and O–H groups in total.